The molecule has 4 aromatic rings. The van der Waals surface area contributed by atoms with Crippen LogP contribution in [-0.4, -0.2) is 32.1 Å². The van der Waals surface area contributed by atoms with Gasteiger partial charge < -0.3 is 0 Å². The highest BCUT2D eigenvalue weighted by Crippen LogP contribution is 2.26. The summed E-state index contributed by atoms with van der Waals surface area (Å²) in [4.78, 5) is 32.7. The predicted molar refractivity (Wildman–Crippen MR) is 122 cm³/mol. The molecule has 0 aliphatic carbocycles. The average Bonchev–Trinajstić information content (AvgIpc) is 3.25. The van der Waals surface area contributed by atoms with Crippen molar-refractivity contribution in [3.05, 3.63) is 78.2 Å². The largest absolute Gasteiger partial charge is 0.389 e. The topological polar surface area (TPSA) is 64.3 Å². The summed E-state index contributed by atoms with van der Waals surface area (Å²) < 4.78 is 39.0. The number of alkyl halides is 3. The highest BCUT2D eigenvalue weighted by atomic mass is 19.4. The fourth-order valence-corrected chi connectivity index (χ4v) is 3.73. The Kier molecular flexibility index (Phi) is 6.58. The first-order valence-corrected chi connectivity index (χ1v) is 10.9. The maximum absolute atomic E-state index is 12.4. The van der Waals surface area contributed by atoms with Gasteiger partial charge in [-0.3, -0.25) is 19.0 Å². The van der Waals surface area contributed by atoms with Gasteiger partial charge in [-0.1, -0.05) is 25.1 Å². The van der Waals surface area contributed by atoms with E-state index in [0.717, 1.165) is 22.5 Å². The van der Waals surface area contributed by atoms with E-state index in [-0.39, 0.29) is 12.2 Å². The molecule has 34 heavy (non-hydrogen) atoms. The predicted octanol–water partition coefficient (Wildman–Crippen LogP) is 6.11. The van der Waals surface area contributed by atoms with Crippen LogP contribution in [0, 0.1) is 0 Å². The van der Waals surface area contributed by atoms with Crippen LogP contribution in [0.2, 0.25) is 0 Å². The zero-order valence-corrected chi connectivity index (χ0v) is 18.5. The van der Waals surface area contributed by atoms with E-state index in [1.165, 1.54) is 0 Å². The molecular weight excluding hydrogens is 443 g/mol. The van der Waals surface area contributed by atoms with Gasteiger partial charge in [0, 0.05) is 48.3 Å². The van der Waals surface area contributed by atoms with Gasteiger partial charge in [-0.2, -0.15) is 13.2 Å². The van der Waals surface area contributed by atoms with E-state index in [9.17, 15) is 22.8 Å². The van der Waals surface area contributed by atoms with Gasteiger partial charge in [0.15, 0.2) is 5.78 Å². The summed E-state index contributed by atoms with van der Waals surface area (Å²) >= 11 is 0. The molecule has 1 aromatic carbocycles. The number of imidazole rings is 1. The second kappa shape index (κ2) is 9.59. The van der Waals surface area contributed by atoms with Crippen LogP contribution >= 0.6 is 0 Å². The van der Waals surface area contributed by atoms with Crippen molar-refractivity contribution in [2.24, 2.45) is 0 Å². The fourth-order valence-electron chi connectivity index (χ4n) is 3.73. The molecule has 0 bridgehead atoms. The summed E-state index contributed by atoms with van der Waals surface area (Å²) in [6.45, 7) is 1.81. The Labute approximate surface area is 194 Å². The Morgan fingerprint density at radius 2 is 1.79 bits per heavy atom. The molecule has 0 spiro atoms. The molecule has 174 valence electrons. The van der Waals surface area contributed by atoms with Crippen LogP contribution in [0.25, 0.3) is 28.2 Å². The van der Waals surface area contributed by atoms with E-state index < -0.39 is 24.8 Å². The second-order valence-corrected chi connectivity index (χ2v) is 8.03. The summed E-state index contributed by atoms with van der Waals surface area (Å²) in [7, 11) is 0. The number of benzene rings is 1. The van der Waals surface area contributed by atoms with Crippen LogP contribution in [0.4, 0.5) is 13.2 Å². The minimum Gasteiger partial charge on any atom is -0.300 e. The molecule has 0 atom stereocenters. The summed E-state index contributed by atoms with van der Waals surface area (Å²) in [5.41, 5.74) is 5.09. The molecule has 8 heteroatoms. The van der Waals surface area contributed by atoms with Crippen LogP contribution in [0.3, 0.4) is 0 Å². The van der Waals surface area contributed by atoms with Crippen molar-refractivity contribution in [1.82, 2.24) is 14.4 Å². The van der Waals surface area contributed by atoms with Crippen molar-refractivity contribution in [3.63, 3.8) is 0 Å². The molecule has 0 aliphatic rings. The van der Waals surface area contributed by atoms with Crippen LogP contribution in [0.15, 0.2) is 67.1 Å². The summed E-state index contributed by atoms with van der Waals surface area (Å²) in [6, 6.07) is 14.5. The summed E-state index contributed by atoms with van der Waals surface area (Å²) in [5, 5.41) is 0. The first-order valence-electron chi connectivity index (χ1n) is 10.9. The molecule has 4 rings (SSSR count). The van der Waals surface area contributed by atoms with Gasteiger partial charge in [0.1, 0.15) is 11.4 Å². The molecule has 3 aromatic heterocycles. The maximum Gasteiger partial charge on any atom is 0.389 e. The lowest BCUT2D eigenvalue weighted by atomic mass is 10.0. The second-order valence-electron chi connectivity index (χ2n) is 8.03. The van der Waals surface area contributed by atoms with Gasteiger partial charge in [-0.25, -0.2) is 4.98 Å². The Morgan fingerprint density at radius 3 is 2.50 bits per heavy atom. The monoisotopic (exact) mass is 465 g/mol. The third-order valence-electron chi connectivity index (χ3n) is 5.53. The van der Waals surface area contributed by atoms with Gasteiger partial charge in [-0.15, -0.1) is 0 Å². The molecule has 0 aliphatic heterocycles. The molecule has 0 N–H and O–H groups in total. The van der Waals surface area contributed by atoms with Crippen LogP contribution in [0.1, 0.15) is 42.1 Å². The molecule has 5 nitrogen and oxygen atoms in total. The molecule has 0 saturated heterocycles. The average molecular weight is 465 g/mol. The normalized spacial score (nSPS) is 11.6. The molecule has 0 radical (unpaired) electrons. The van der Waals surface area contributed by atoms with Crippen LogP contribution in [0.5, 0.6) is 0 Å². The van der Waals surface area contributed by atoms with Crippen molar-refractivity contribution in [2.45, 2.75) is 38.8 Å². The van der Waals surface area contributed by atoms with E-state index in [2.05, 4.69) is 9.97 Å². The van der Waals surface area contributed by atoms with E-state index >= 15 is 0 Å². The first-order chi connectivity index (χ1) is 16.2. The molecule has 3 heterocycles. The number of nitrogens with zero attached hydrogens (tertiary/aromatic N) is 3. The van der Waals surface area contributed by atoms with E-state index in [1.54, 1.807) is 42.7 Å². The van der Waals surface area contributed by atoms with E-state index in [4.69, 9.17) is 0 Å². The van der Waals surface area contributed by atoms with Gasteiger partial charge in [0.25, 0.3) is 0 Å². The van der Waals surface area contributed by atoms with Gasteiger partial charge in [0.2, 0.25) is 0 Å². The number of aromatic nitrogens is 3. The fraction of sp³-hybridized carbons (Fsp3) is 0.231. The van der Waals surface area contributed by atoms with Crippen LogP contribution in [-0.2, 0) is 11.2 Å². The zero-order chi connectivity index (χ0) is 24.3. The SMILES string of the molecule is CCC(=O)c1ccc(-c2ccn3c(-c4cccc(CC(=O)CCC(F)(F)F)c4)cnc3c2)nc1. The van der Waals surface area contributed by atoms with Crippen molar-refractivity contribution in [3.8, 4) is 22.5 Å². The number of halogens is 3. The lowest BCUT2D eigenvalue weighted by Crippen LogP contribution is -2.12. The van der Waals surface area contributed by atoms with Crippen LogP contribution < -0.4 is 0 Å². The number of ketones is 2. The number of hydrogen-bond acceptors (Lipinski definition) is 4. The zero-order valence-electron chi connectivity index (χ0n) is 18.5. The number of Topliss-reactive ketones (excluding diaryl/α,β-unsaturated/α-hetero) is 2. The van der Waals surface area contributed by atoms with E-state index in [1.807, 2.05) is 35.7 Å². The molecule has 0 saturated carbocycles. The molecular formula is C26H22F3N3O2. The third kappa shape index (κ3) is 5.39. The first kappa shape index (κ1) is 23.4. The number of fused-ring (bicyclic) bond motifs is 1. The highest BCUT2D eigenvalue weighted by Gasteiger charge is 2.27. The van der Waals surface area contributed by atoms with E-state index in [0.29, 0.717) is 23.2 Å². The Bertz CT molecular complexity index is 1340. The van der Waals surface area contributed by atoms with Crippen molar-refractivity contribution < 1.29 is 22.8 Å². The summed E-state index contributed by atoms with van der Waals surface area (Å²) in [5.74, 6) is -0.409. The van der Waals surface area contributed by atoms with Crippen molar-refractivity contribution >= 4 is 17.2 Å². The lowest BCUT2D eigenvalue weighted by molar-refractivity contribution is -0.143. The van der Waals surface area contributed by atoms with Gasteiger partial charge >= 0.3 is 6.18 Å². The number of hydrogen-bond donors (Lipinski definition) is 0. The Morgan fingerprint density at radius 1 is 0.971 bits per heavy atom. The van der Waals surface area contributed by atoms with Crippen molar-refractivity contribution in [1.29, 1.82) is 0 Å². The number of pyridine rings is 2. The maximum atomic E-state index is 12.4. The third-order valence-corrected chi connectivity index (χ3v) is 5.53. The number of rotatable bonds is 8. The number of carbonyl (C=O) groups excluding carboxylic acids is 2. The van der Waals surface area contributed by atoms with Gasteiger partial charge in [-0.05, 0) is 35.9 Å². The summed E-state index contributed by atoms with van der Waals surface area (Å²) in [6.07, 6.45) is -0.441. The van der Waals surface area contributed by atoms with Gasteiger partial charge in [0.05, 0.1) is 24.0 Å². The Balaban J connectivity index is 1.55. The Hall–Kier alpha value is -3.81. The quantitative estimate of drug-likeness (QED) is 0.295. The highest BCUT2D eigenvalue weighted by molar-refractivity contribution is 5.95. The minimum atomic E-state index is -4.34. The standard InChI is InChI=1S/C26H22F3N3O2/c1-2-24(34)20-6-7-22(30-15-20)18-9-11-32-23(16-31-25(32)14-18)19-5-3-4-17(12-19)13-21(33)8-10-26(27,28)29/h3-7,9,11-12,14-16H,2,8,10,13H2,1H3. The molecule has 0 fully saturated rings. The smallest absolute Gasteiger partial charge is 0.300 e. The molecule has 0 unspecified atom stereocenters. The lowest BCUT2D eigenvalue weighted by Gasteiger charge is -2.08. The minimum absolute atomic E-state index is 0.0386. The number of carbonyl (C=O) groups is 2. The molecule has 0 amide bonds. The van der Waals surface area contributed by atoms with Crippen molar-refractivity contribution in [2.75, 3.05) is 0 Å².